The lowest BCUT2D eigenvalue weighted by molar-refractivity contribution is 0.217. The number of hydrogen-bond acceptors (Lipinski definition) is 0. The van der Waals surface area contributed by atoms with Gasteiger partial charge in [-0.1, -0.05) is 55.7 Å². The Kier molecular flexibility index (Phi) is 6.17. The minimum absolute atomic E-state index is 0.399. The van der Waals surface area contributed by atoms with E-state index in [1.807, 2.05) is 6.07 Å². The zero-order chi connectivity index (χ0) is 21.4. The monoisotopic (exact) mass is 422 g/mol. The smallest absolute Gasteiger partial charge is 0.166 e. The van der Waals surface area contributed by atoms with E-state index in [1.165, 1.54) is 82.3 Å². The van der Waals surface area contributed by atoms with Crippen LogP contribution in [-0.2, 0) is 0 Å². The van der Waals surface area contributed by atoms with Crippen LogP contribution in [0.3, 0.4) is 0 Å². The van der Waals surface area contributed by atoms with Crippen LogP contribution in [-0.4, -0.2) is 0 Å². The van der Waals surface area contributed by atoms with Crippen molar-refractivity contribution in [1.29, 1.82) is 0 Å². The largest absolute Gasteiger partial charge is 0.204 e. The molecule has 0 amide bonds. The molecule has 2 aromatic carbocycles. The highest BCUT2D eigenvalue weighted by Gasteiger charge is 2.34. The minimum atomic E-state index is -0.760. The van der Waals surface area contributed by atoms with E-state index in [2.05, 4.69) is 19.1 Å². The molecule has 0 saturated heterocycles. The number of halogens is 2. The first-order chi connectivity index (χ1) is 15.1. The fourth-order valence-corrected chi connectivity index (χ4v) is 6.96. The Morgan fingerprint density at radius 1 is 0.871 bits per heavy atom. The van der Waals surface area contributed by atoms with Crippen molar-refractivity contribution in [1.82, 2.24) is 0 Å². The zero-order valence-corrected chi connectivity index (χ0v) is 18.9. The fourth-order valence-electron chi connectivity index (χ4n) is 6.96. The summed E-state index contributed by atoms with van der Waals surface area (Å²) in [5.41, 5.74) is 3.10. The van der Waals surface area contributed by atoms with Crippen LogP contribution in [0.4, 0.5) is 8.78 Å². The molecule has 3 aliphatic rings. The van der Waals surface area contributed by atoms with E-state index in [0.717, 1.165) is 29.1 Å². The summed E-state index contributed by atoms with van der Waals surface area (Å²) in [5.74, 6) is 2.48. The maximum atomic E-state index is 14.1. The van der Waals surface area contributed by atoms with Crippen LogP contribution in [0.2, 0.25) is 0 Å². The molecule has 3 atom stereocenters. The standard InChI is InChI=1S/C29H36F2/c1-2-3-19-4-6-20(7-5-19)21-8-9-23-17-24(11-10-22(23)16-21)25-12-14-27-26(18-25)13-15-28(30)29(27)31/h12-16,18-20,22-24H,2-11,17H2,1H3. The van der Waals surface area contributed by atoms with Crippen LogP contribution < -0.4 is 0 Å². The Hall–Kier alpha value is -1.70. The molecule has 2 fully saturated rings. The molecule has 0 radical (unpaired) electrons. The van der Waals surface area contributed by atoms with Crippen LogP contribution in [0, 0.1) is 35.3 Å². The van der Waals surface area contributed by atoms with Crippen molar-refractivity contribution in [2.24, 2.45) is 23.7 Å². The topological polar surface area (TPSA) is 0 Å². The maximum absolute atomic E-state index is 14.1. The summed E-state index contributed by atoms with van der Waals surface area (Å²) >= 11 is 0. The van der Waals surface area contributed by atoms with E-state index in [-0.39, 0.29) is 0 Å². The van der Waals surface area contributed by atoms with Crippen molar-refractivity contribution in [3.05, 3.63) is 59.2 Å². The van der Waals surface area contributed by atoms with Crippen molar-refractivity contribution in [2.45, 2.75) is 83.5 Å². The first-order valence-corrected chi connectivity index (χ1v) is 12.7. The van der Waals surface area contributed by atoms with E-state index in [0.29, 0.717) is 11.3 Å². The lowest BCUT2D eigenvalue weighted by atomic mass is 9.65. The van der Waals surface area contributed by atoms with Gasteiger partial charge in [-0.15, -0.1) is 0 Å². The van der Waals surface area contributed by atoms with Crippen molar-refractivity contribution in [3.8, 4) is 0 Å². The molecule has 0 aromatic heterocycles. The van der Waals surface area contributed by atoms with Crippen LogP contribution in [0.25, 0.3) is 10.8 Å². The molecule has 0 spiro atoms. The van der Waals surface area contributed by atoms with Gasteiger partial charge < -0.3 is 0 Å². The number of hydrogen-bond donors (Lipinski definition) is 0. The Labute approximate surface area is 186 Å². The summed E-state index contributed by atoms with van der Waals surface area (Å²) < 4.78 is 27.6. The quantitative estimate of drug-likeness (QED) is 0.431. The number of fused-ring (bicyclic) bond motifs is 2. The Balaban J connectivity index is 1.25. The fraction of sp³-hybridized carbons (Fsp3) is 0.586. The highest BCUT2D eigenvalue weighted by Crippen LogP contribution is 2.48. The van der Waals surface area contributed by atoms with Crippen molar-refractivity contribution < 1.29 is 8.78 Å². The lowest BCUT2D eigenvalue weighted by Gasteiger charge is -2.40. The van der Waals surface area contributed by atoms with E-state index in [9.17, 15) is 8.78 Å². The maximum Gasteiger partial charge on any atom is 0.166 e. The second-order valence-electron chi connectivity index (χ2n) is 10.6. The van der Waals surface area contributed by atoms with Gasteiger partial charge in [0.15, 0.2) is 11.6 Å². The Bertz CT molecular complexity index is 951. The molecule has 0 aliphatic heterocycles. The SMILES string of the molecule is CCCC1CCC(C2=CC3CCC(c4ccc5c(F)c(F)ccc5c4)CC3CC2)CC1. The predicted molar refractivity (Wildman–Crippen MR) is 125 cm³/mol. The molecule has 2 heteroatoms. The molecule has 2 saturated carbocycles. The first kappa shape index (κ1) is 21.2. The summed E-state index contributed by atoms with van der Waals surface area (Å²) in [6, 6.07) is 8.88. The average molecular weight is 423 g/mol. The third-order valence-electron chi connectivity index (χ3n) is 8.74. The average Bonchev–Trinajstić information content (AvgIpc) is 2.81. The Morgan fingerprint density at radius 2 is 1.68 bits per heavy atom. The summed E-state index contributed by atoms with van der Waals surface area (Å²) in [7, 11) is 0. The third-order valence-corrected chi connectivity index (χ3v) is 8.74. The van der Waals surface area contributed by atoms with Crippen LogP contribution >= 0.6 is 0 Å². The molecule has 166 valence electrons. The van der Waals surface area contributed by atoms with Crippen LogP contribution in [0.5, 0.6) is 0 Å². The second-order valence-corrected chi connectivity index (χ2v) is 10.6. The number of allylic oxidation sites excluding steroid dienone is 2. The predicted octanol–water partition coefficient (Wildman–Crippen LogP) is 8.94. The van der Waals surface area contributed by atoms with Crippen LogP contribution in [0.15, 0.2) is 42.0 Å². The summed E-state index contributed by atoms with van der Waals surface area (Å²) in [6.07, 6.45) is 17.6. The van der Waals surface area contributed by atoms with Crippen molar-refractivity contribution in [3.63, 3.8) is 0 Å². The van der Waals surface area contributed by atoms with E-state index >= 15 is 0 Å². The van der Waals surface area contributed by atoms with Gasteiger partial charge in [0.25, 0.3) is 0 Å². The van der Waals surface area contributed by atoms with Crippen LogP contribution in [0.1, 0.15) is 89.0 Å². The normalized spacial score (nSPS) is 31.3. The molecular weight excluding hydrogens is 386 g/mol. The van der Waals surface area contributed by atoms with Gasteiger partial charge in [-0.2, -0.15) is 0 Å². The summed E-state index contributed by atoms with van der Waals surface area (Å²) in [6.45, 7) is 2.32. The number of benzene rings is 2. The molecule has 0 bridgehead atoms. The molecule has 2 aromatic rings. The first-order valence-electron chi connectivity index (χ1n) is 12.7. The van der Waals surface area contributed by atoms with Gasteiger partial charge in [-0.3, -0.25) is 0 Å². The molecule has 0 heterocycles. The van der Waals surface area contributed by atoms with Crippen molar-refractivity contribution in [2.75, 3.05) is 0 Å². The molecule has 3 unspecified atom stereocenters. The zero-order valence-electron chi connectivity index (χ0n) is 18.9. The number of rotatable bonds is 4. The van der Waals surface area contributed by atoms with Gasteiger partial charge >= 0.3 is 0 Å². The minimum Gasteiger partial charge on any atom is -0.204 e. The third kappa shape index (κ3) is 4.32. The molecule has 0 nitrogen and oxygen atoms in total. The van der Waals surface area contributed by atoms with E-state index in [4.69, 9.17) is 0 Å². The molecule has 5 rings (SSSR count). The van der Waals surface area contributed by atoms with Gasteiger partial charge in [0, 0.05) is 5.39 Å². The van der Waals surface area contributed by atoms with Crippen molar-refractivity contribution >= 4 is 10.8 Å². The van der Waals surface area contributed by atoms with E-state index in [1.54, 1.807) is 17.7 Å². The van der Waals surface area contributed by atoms with Gasteiger partial charge in [0.05, 0.1) is 0 Å². The van der Waals surface area contributed by atoms with Gasteiger partial charge in [0.1, 0.15) is 0 Å². The van der Waals surface area contributed by atoms with E-state index < -0.39 is 11.6 Å². The highest BCUT2D eigenvalue weighted by atomic mass is 19.2. The summed E-state index contributed by atoms with van der Waals surface area (Å²) in [5, 5.41) is 1.22. The highest BCUT2D eigenvalue weighted by molar-refractivity contribution is 5.84. The van der Waals surface area contributed by atoms with Gasteiger partial charge in [-0.25, -0.2) is 8.78 Å². The Morgan fingerprint density at radius 3 is 2.48 bits per heavy atom. The van der Waals surface area contributed by atoms with Gasteiger partial charge in [-0.05, 0) is 104 Å². The summed E-state index contributed by atoms with van der Waals surface area (Å²) in [4.78, 5) is 0. The molecule has 0 N–H and O–H groups in total. The molecule has 3 aliphatic carbocycles. The van der Waals surface area contributed by atoms with Gasteiger partial charge in [0.2, 0.25) is 0 Å². The molecule has 31 heavy (non-hydrogen) atoms. The molecular formula is C29H36F2. The second kappa shape index (κ2) is 9.04. The lowest BCUT2D eigenvalue weighted by Crippen LogP contribution is -2.28.